The topological polar surface area (TPSA) is 81.6 Å². The number of amides is 1. The van der Waals surface area contributed by atoms with Crippen molar-refractivity contribution in [1.82, 2.24) is 15.5 Å². The number of nitrogens with one attached hydrogen (secondary N) is 2. The molecule has 0 saturated heterocycles. The number of aromatic nitrogens is 2. The molecule has 0 aliphatic rings. The zero-order chi connectivity index (χ0) is 19.9. The van der Waals surface area contributed by atoms with Crippen LogP contribution in [0.5, 0.6) is 0 Å². The monoisotopic (exact) mass is 370 g/mol. The van der Waals surface area contributed by atoms with Crippen LogP contribution in [0.3, 0.4) is 0 Å². The first-order valence-electron chi connectivity index (χ1n) is 9.22. The minimum atomic E-state index is -0.410. The summed E-state index contributed by atoms with van der Waals surface area (Å²) in [6, 6.07) is 19.6. The molecular formula is C23H22N4O. The highest BCUT2D eigenvalue weighted by Crippen LogP contribution is 2.24. The van der Waals surface area contributed by atoms with Crippen molar-refractivity contribution in [2.24, 2.45) is 0 Å². The van der Waals surface area contributed by atoms with E-state index in [2.05, 4.69) is 34.6 Å². The number of aromatic amines is 1. The van der Waals surface area contributed by atoms with E-state index in [4.69, 9.17) is 0 Å². The summed E-state index contributed by atoms with van der Waals surface area (Å²) >= 11 is 0. The molecule has 140 valence electrons. The van der Waals surface area contributed by atoms with Crippen LogP contribution in [0.1, 0.15) is 36.6 Å². The first-order valence-corrected chi connectivity index (χ1v) is 9.22. The van der Waals surface area contributed by atoms with Gasteiger partial charge in [-0.2, -0.15) is 10.4 Å². The van der Waals surface area contributed by atoms with E-state index in [0.717, 1.165) is 23.2 Å². The third-order valence-corrected chi connectivity index (χ3v) is 4.63. The Bertz CT molecular complexity index is 1010. The Kier molecular flexibility index (Phi) is 6.03. The van der Waals surface area contributed by atoms with Gasteiger partial charge in [0.2, 0.25) is 0 Å². The highest BCUT2D eigenvalue weighted by molar-refractivity contribution is 6.02. The maximum Gasteiger partial charge on any atom is 0.262 e. The van der Waals surface area contributed by atoms with Gasteiger partial charge in [0.15, 0.2) is 0 Å². The second kappa shape index (κ2) is 8.83. The van der Waals surface area contributed by atoms with Crippen LogP contribution in [-0.2, 0) is 11.2 Å². The van der Waals surface area contributed by atoms with E-state index in [1.54, 1.807) is 12.3 Å². The number of rotatable bonds is 6. The predicted molar refractivity (Wildman–Crippen MR) is 110 cm³/mol. The second-order valence-corrected chi connectivity index (χ2v) is 6.53. The molecule has 2 aromatic carbocycles. The van der Waals surface area contributed by atoms with E-state index < -0.39 is 5.91 Å². The lowest BCUT2D eigenvalue weighted by Crippen LogP contribution is -2.27. The molecule has 1 amide bonds. The third-order valence-electron chi connectivity index (χ3n) is 4.63. The first-order chi connectivity index (χ1) is 13.6. The Morgan fingerprint density at radius 3 is 2.57 bits per heavy atom. The van der Waals surface area contributed by atoms with Gasteiger partial charge in [-0.1, -0.05) is 61.5 Å². The van der Waals surface area contributed by atoms with Gasteiger partial charge in [-0.05, 0) is 30.5 Å². The Hall–Kier alpha value is -3.65. The summed E-state index contributed by atoms with van der Waals surface area (Å²) < 4.78 is 0. The summed E-state index contributed by atoms with van der Waals surface area (Å²) in [6.45, 7) is 3.99. The molecule has 5 heteroatoms. The molecule has 1 atom stereocenters. The van der Waals surface area contributed by atoms with Crippen molar-refractivity contribution in [3.63, 3.8) is 0 Å². The fraction of sp³-hybridized carbons (Fsp3) is 0.174. The Balaban J connectivity index is 1.82. The van der Waals surface area contributed by atoms with E-state index in [1.165, 1.54) is 5.56 Å². The summed E-state index contributed by atoms with van der Waals surface area (Å²) in [4.78, 5) is 12.6. The van der Waals surface area contributed by atoms with Crippen LogP contribution in [0.25, 0.3) is 17.3 Å². The van der Waals surface area contributed by atoms with Crippen molar-refractivity contribution in [2.75, 3.05) is 0 Å². The summed E-state index contributed by atoms with van der Waals surface area (Å²) in [5, 5.41) is 19.4. The summed E-state index contributed by atoms with van der Waals surface area (Å²) in [6.07, 6.45) is 4.16. The van der Waals surface area contributed by atoms with Gasteiger partial charge in [0.1, 0.15) is 11.6 Å². The van der Waals surface area contributed by atoms with E-state index in [1.807, 2.05) is 55.5 Å². The maximum atomic E-state index is 12.6. The van der Waals surface area contributed by atoms with E-state index in [0.29, 0.717) is 5.56 Å². The van der Waals surface area contributed by atoms with Gasteiger partial charge in [-0.25, -0.2) is 0 Å². The Morgan fingerprint density at radius 2 is 1.93 bits per heavy atom. The lowest BCUT2D eigenvalue weighted by atomic mass is 10.0. The number of carbonyl (C=O) groups excluding carboxylic acids is 1. The van der Waals surface area contributed by atoms with Gasteiger partial charge in [0, 0.05) is 11.1 Å². The Labute approximate surface area is 164 Å². The van der Waals surface area contributed by atoms with Crippen LogP contribution in [0.4, 0.5) is 0 Å². The van der Waals surface area contributed by atoms with Gasteiger partial charge in [0.25, 0.3) is 5.91 Å². The molecule has 0 saturated carbocycles. The maximum absolute atomic E-state index is 12.6. The Morgan fingerprint density at radius 1 is 1.21 bits per heavy atom. The third kappa shape index (κ3) is 4.36. The average Bonchev–Trinajstić information content (AvgIpc) is 3.20. The molecule has 1 unspecified atom stereocenters. The lowest BCUT2D eigenvalue weighted by Gasteiger charge is -2.13. The van der Waals surface area contributed by atoms with Crippen molar-refractivity contribution in [3.05, 3.63) is 83.1 Å². The number of hydrogen-bond donors (Lipinski definition) is 2. The molecule has 2 N–H and O–H groups in total. The van der Waals surface area contributed by atoms with Gasteiger partial charge >= 0.3 is 0 Å². The minimum Gasteiger partial charge on any atom is -0.345 e. The molecule has 0 spiro atoms. The van der Waals surface area contributed by atoms with Crippen LogP contribution < -0.4 is 5.32 Å². The van der Waals surface area contributed by atoms with Crippen molar-refractivity contribution in [2.45, 2.75) is 26.3 Å². The van der Waals surface area contributed by atoms with E-state index in [9.17, 15) is 10.1 Å². The number of H-pyrrole nitrogens is 1. The van der Waals surface area contributed by atoms with Crippen LogP contribution in [0.2, 0.25) is 0 Å². The van der Waals surface area contributed by atoms with Gasteiger partial charge in [0.05, 0.1) is 17.9 Å². The molecule has 5 nitrogen and oxygen atoms in total. The second-order valence-electron chi connectivity index (χ2n) is 6.53. The molecule has 0 aliphatic carbocycles. The molecular weight excluding hydrogens is 348 g/mol. The SMILES string of the molecule is CCc1ccc(-c2[nH]ncc2/C=C(\C#N)C(=O)NC(C)c2ccccc2)cc1. The largest absolute Gasteiger partial charge is 0.345 e. The van der Waals surface area contributed by atoms with Crippen molar-refractivity contribution in [1.29, 1.82) is 5.26 Å². The van der Waals surface area contributed by atoms with Crippen LogP contribution in [-0.4, -0.2) is 16.1 Å². The molecule has 1 aromatic heterocycles. The zero-order valence-corrected chi connectivity index (χ0v) is 15.9. The number of nitrogens with zero attached hydrogens (tertiary/aromatic N) is 2. The normalized spacial score (nSPS) is 12.2. The summed E-state index contributed by atoms with van der Waals surface area (Å²) in [7, 11) is 0. The van der Waals surface area contributed by atoms with Crippen molar-refractivity contribution >= 4 is 12.0 Å². The zero-order valence-electron chi connectivity index (χ0n) is 15.9. The molecule has 28 heavy (non-hydrogen) atoms. The van der Waals surface area contributed by atoms with Gasteiger partial charge in [-0.3, -0.25) is 9.89 Å². The number of hydrogen-bond acceptors (Lipinski definition) is 3. The molecule has 0 radical (unpaired) electrons. The van der Waals surface area contributed by atoms with Gasteiger partial charge < -0.3 is 5.32 Å². The molecule has 0 aliphatic heterocycles. The van der Waals surface area contributed by atoms with Crippen molar-refractivity contribution < 1.29 is 4.79 Å². The summed E-state index contributed by atoms with van der Waals surface area (Å²) in [5.41, 5.74) is 4.69. The molecule has 1 heterocycles. The molecule has 0 fully saturated rings. The van der Waals surface area contributed by atoms with Crippen molar-refractivity contribution in [3.8, 4) is 17.3 Å². The predicted octanol–water partition coefficient (Wildman–Crippen LogP) is 4.42. The van der Waals surface area contributed by atoms with Crippen LogP contribution in [0.15, 0.2) is 66.4 Å². The minimum absolute atomic E-state index is 0.0376. The number of carbonyl (C=O) groups is 1. The van der Waals surface area contributed by atoms with Crippen LogP contribution >= 0.6 is 0 Å². The number of nitriles is 1. The molecule has 0 bridgehead atoms. The van der Waals surface area contributed by atoms with E-state index >= 15 is 0 Å². The standard InChI is InChI=1S/C23H22N4O/c1-3-17-9-11-19(12-10-17)22-21(15-25-27-22)13-20(14-24)23(28)26-16(2)18-7-5-4-6-8-18/h4-13,15-16H,3H2,1-2H3,(H,25,27)(H,26,28)/b20-13+. The fourth-order valence-electron chi connectivity index (χ4n) is 2.95. The lowest BCUT2D eigenvalue weighted by molar-refractivity contribution is -0.117. The summed E-state index contributed by atoms with van der Waals surface area (Å²) in [5.74, 6) is -0.410. The highest BCUT2D eigenvalue weighted by atomic mass is 16.1. The van der Waals surface area contributed by atoms with Gasteiger partial charge in [-0.15, -0.1) is 0 Å². The average molecular weight is 370 g/mol. The number of benzene rings is 2. The van der Waals surface area contributed by atoms with Crippen LogP contribution in [0, 0.1) is 11.3 Å². The highest BCUT2D eigenvalue weighted by Gasteiger charge is 2.15. The molecule has 3 rings (SSSR count). The smallest absolute Gasteiger partial charge is 0.262 e. The molecule has 3 aromatic rings. The van der Waals surface area contributed by atoms with E-state index in [-0.39, 0.29) is 11.6 Å². The fourth-order valence-corrected chi connectivity index (χ4v) is 2.95. The first kappa shape index (κ1) is 19.1. The number of aryl methyl sites for hydroxylation is 1. The quantitative estimate of drug-likeness (QED) is 0.498.